The van der Waals surface area contributed by atoms with Gasteiger partial charge in [0.15, 0.2) is 0 Å². The number of anilines is 1. The quantitative estimate of drug-likeness (QED) is 0.839. The Labute approximate surface area is 167 Å². The summed E-state index contributed by atoms with van der Waals surface area (Å²) in [6.45, 7) is 5.69. The number of piperazine rings is 1. The van der Waals surface area contributed by atoms with Crippen molar-refractivity contribution in [2.45, 2.75) is 18.5 Å². The number of rotatable bonds is 3. The molecule has 2 aromatic rings. The van der Waals surface area contributed by atoms with Crippen LogP contribution in [0.15, 0.2) is 12.1 Å². The number of carbonyl (C=O) groups excluding carboxylic acids is 1. The van der Waals surface area contributed by atoms with E-state index in [4.69, 9.17) is 20.2 Å². The number of amides is 2. The number of methoxy groups -OCH3 is 1. The molecule has 5 rings (SSSR count). The molecule has 4 heterocycles. The molecule has 150 valence electrons. The van der Waals surface area contributed by atoms with Crippen LogP contribution in [0.25, 0.3) is 10.2 Å². The van der Waals surface area contributed by atoms with Gasteiger partial charge in [0, 0.05) is 38.8 Å². The zero-order valence-electron chi connectivity index (χ0n) is 16.0. The van der Waals surface area contributed by atoms with Crippen LogP contribution in [0.3, 0.4) is 0 Å². The second kappa shape index (κ2) is 7.06. The number of benzene rings is 1. The first-order valence-electron chi connectivity index (χ1n) is 9.76. The van der Waals surface area contributed by atoms with Gasteiger partial charge in [-0.05, 0) is 18.6 Å². The van der Waals surface area contributed by atoms with Gasteiger partial charge in [0.25, 0.3) is 0 Å². The number of ether oxygens (including phenoxy) is 2. The minimum atomic E-state index is -0.329. The van der Waals surface area contributed by atoms with Crippen molar-refractivity contribution in [2.75, 3.05) is 57.9 Å². The van der Waals surface area contributed by atoms with Gasteiger partial charge in [-0.1, -0.05) is 0 Å². The monoisotopic (exact) mass is 403 g/mol. The molecule has 8 nitrogen and oxygen atoms in total. The summed E-state index contributed by atoms with van der Waals surface area (Å²) < 4.78 is 12.2. The summed E-state index contributed by atoms with van der Waals surface area (Å²) in [4.78, 5) is 23.5. The van der Waals surface area contributed by atoms with Gasteiger partial charge in [0.2, 0.25) is 0 Å². The lowest BCUT2D eigenvalue weighted by Gasteiger charge is -2.38. The number of nitrogens with two attached hydrogens (primary N) is 1. The number of thiazole rings is 1. The molecular formula is C19H25N5O3S. The Morgan fingerprint density at radius 3 is 2.86 bits per heavy atom. The highest BCUT2D eigenvalue weighted by Crippen LogP contribution is 2.42. The van der Waals surface area contributed by atoms with Crippen LogP contribution in [0.1, 0.15) is 17.5 Å². The fourth-order valence-corrected chi connectivity index (χ4v) is 5.86. The van der Waals surface area contributed by atoms with E-state index >= 15 is 0 Å². The topological polar surface area (TPSA) is 84.2 Å². The van der Waals surface area contributed by atoms with E-state index in [0.29, 0.717) is 6.54 Å². The van der Waals surface area contributed by atoms with E-state index in [2.05, 4.69) is 15.9 Å². The highest BCUT2D eigenvalue weighted by Gasteiger charge is 2.42. The third kappa shape index (κ3) is 2.89. The molecule has 3 aliphatic heterocycles. The smallest absolute Gasteiger partial charge is 0.315 e. The van der Waals surface area contributed by atoms with E-state index in [1.54, 1.807) is 18.4 Å². The third-order valence-corrected chi connectivity index (χ3v) is 7.27. The van der Waals surface area contributed by atoms with Crippen molar-refractivity contribution < 1.29 is 14.3 Å². The molecule has 1 aromatic heterocycles. The molecule has 2 N–H and O–H groups in total. The van der Waals surface area contributed by atoms with Crippen LogP contribution >= 0.6 is 11.3 Å². The predicted molar refractivity (Wildman–Crippen MR) is 108 cm³/mol. The number of primary amides is 1. The number of aromatic nitrogens is 1. The molecule has 0 aliphatic carbocycles. The maximum absolute atomic E-state index is 11.9. The Morgan fingerprint density at radius 1 is 1.29 bits per heavy atom. The second-order valence-corrected chi connectivity index (χ2v) is 8.59. The number of hydrogen-bond acceptors (Lipinski definition) is 7. The van der Waals surface area contributed by atoms with Crippen molar-refractivity contribution >= 4 is 33.3 Å². The van der Waals surface area contributed by atoms with Crippen molar-refractivity contribution in [1.82, 2.24) is 14.8 Å². The van der Waals surface area contributed by atoms with Gasteiger partial charge in [-0.15, -0.1) is 11.3 Å². The largest absolute Gasteiger partial charge is 0.494 e. The SMILES string of the molecule is COc1ccc(N2CCOCC2)c2sc(C3CN(C(N)=O)C4CCN3C4)nc12. The molecule has 2 bridgehead atoms. The van der Waals surface area contributed by atoms with Crippen LogP contribution in [-0.4, -0.2) is 79.9 Å². The van der Waals surface area contributed by atoms with Gasteiger partial charge >= 0.3 is 6.03 Å². The predicted octanol–water partition coefficient (Wildman–Crippen LogP) is 1.65. The summed E-state index contributed by atoms with van der Waals surface area (Å²) >= 11 is 1.71. The van der Waals surface area contributed by atoms with Crippen molar-refractivity contribution in [1.29, 1.82) is 0 Å². The molecule has 0 radical (unpaired) electrons. The number of nitrogens with zero attached hydrogens (tertiary/aromatic N) is 4. The number of fused-ring (bicyclic) bond motifs is 3. The summed E-state index contributed by atoms with van der Waals surface area (Å²) in [5, 5.41) is 1.03. The highest BCUT2D eigenvalue weighted by molar-refractivity contribution is 7.19. The van der Waals surface area contributed by atoms with Gasteiger partial charge in [-0.25, -0.2) is 9.78 Å². The first-order valence-corrected chi connectivity index (χ1v) is 10.6. The van der Waals surface area contributed by atoms with E-state index in [9.17, 15) is 4.79 Å². The Kier molecular flexibility index (Phi) is 4.53. The third-order valence-electron chi connectivity index (χ3n) is 6.09. The fraction of sp³-hybridized carbons (Fsp3) is 0.579. The summed E-state index contributed by atoms with van der Waals surface area (Å²) in [5.74, 6) is 0.788. The minimum absolute atomic E-state index is 0.0888. The summed E-state index contributed by atoms with van der Waals surface area (Å²) in [6, 6.07) is 4.12. The van der Waals surface area contributed by atoms with E-state index in [0.717, 1.165) is 66.8 Å². The molecular weight excluding hydrogens is 378 g/mol. The molecule has 0 spiro atoms. The average Bonchev–Trinajstić information content (AvgIpc) is 3.33. The van der Waals surface area contributed by atoms with E-state index in [1.807, 2.05) is 11.0 Å². The minimum Gasteiger partial charge on any atom is -0.494 e. The van der Waals surface area contributed by atoms with Crippen LogP contribution in [0, 0.1) is 0 Å². The maximum Gasteiger partial charge on any atom is 0.315 e. The Morgan fingerprint density at radius 2 is 2.11 bits per heavy atom. The number of carbonyl (C=O) groups is 1. The molecule has 28 heavy (non-hydrogen) atoms. The van der Waals surface area contributed by atoms with Crippen LogP contribution in [0.5, 0.6) is 5.75 Å². The zero-order chi connectivity index (χ0) is 19.3. The van der Waals surface area contributed by atoms with Crippen LogP contribution in [-0.2, 0) is 4.74 Å². The van der Waals surface area contributed by atoms with Crippen LogP contribution in [0.4, 0.5) is 10.5 Å². The second-order valence-electron chi connectivity index (χ2n) is 7.56. The van der Waals surface area contributed by atoms with Crippen molar-refractivity contribution in [2.24, 2.45) is 5.73 Å². The summed E-state index contributed by atoms with van der Waals surface area (Å²) in [6.07, 6.45) is 0.979. The zero-order valence-corrected chi connectivity index (χ0v) is 16.8. The standard InChI is InChI=1S/C19H25N5O3S/c1-26-15-3-2-13(22-6-8-27-9-7-22)17-16(15)21-18(28-17)14-11-24(19(20)25)12-4-5-23(14)10-12/h2-3,12,14H,4-11H2,1H3,(H2,20,25). The highest BCUT2D eigenvalue weighted by atomic mass is 32.1. The molecule has 0 saturated carbocycles. The van der Waals surface area contributed by atoms with E-state index in [1.165, 1.54) is 5.69 Å². The van der Waals surface area contributed by atoms with Crippen LogP contribution < -0.4 is 15.4 Å². The normalized spacial score (nSPS) is 27.4. The molecule has 1 aromatic carbocycles. The Hall–Kier alpha value is -2.10. The Bertz CT molecular complexity index is 897. The Balaban J connectivity index is 1.56. The lowest BCUT2D eigenvalue weighted by atomic mass is 10.1. The number of hydrogen-bond donors (Lipinski definition) is 1. The van der Waals surface area contributed by atoms with Crippen LogP contribution in [0.2, 0.25) is 0 Å². The molecule has 3 fully saturated rings. The fourth-order valence-electron chi connectivity index (χ4n) is 4.61. The number of urea groups is 1. The average molecular weight is 404 g/mol. The molecule has 9 heteroatoms. The number of morpholine rings is 1. The van der Waals surface area contributed by atoms with E-state index < -0.39 is 0 Å². The molecule has 3 saturated heterocycles. The summed E-state index contributed by atoms with van der Waals surface area (Å²) in [5.41, 5.74) is 7.73. The summed E-state index contributed by atoms with van der Waals surface area (Å²) in [7, 11) is 1.68. The molecule has 3 unspecified atom stereocenters. The first-order chi connectivity index (χ1) is 13.7. The van der Waals surface area contributed by atoms with Gasteiger partial charge in [0.05, 0.1) is 36.8 Å². The molecule has 2 amide bonds. The lowest BCUT2D eigenvalue weighted by molar-refractivity contribution is 0.107. The van der Waals surface area contributed by atoms with Crippen molar-refractivity contribution in [3.05, 3.63) is 17.1 Å². The lowest BCUT2D eigenvalue weighted by Crippen LogP contribution is -2.52. The van der Waals surface area contributed by atoms with Gasteiger partial charge in [-0.3, -0.25) is 4.90 Å². The van der Waals surface area contributed by atoms with Gasteiger partial charge in [-0.2, -0.15) is 0 Å². The molecule has 3 aliphatic rings. The van der Waals surface area contributed by atoms with Gasteiger partial charge in [0.1, 0.15) is 16.3 Å². The maximum atomic E-state index is 11.9. The molecule has 3 atom stereocenters. The van der Waals surface area contributed by atoms with E-state index in [-0.39, 0.29) is 18.1 Å². The van der Waals surface area contributed by atoms with Gasteiger partial charge < -0.3 is 25.0 Å². The first kappa shape index (κ1) is 18.0. The van der Waals surface area contributed by atoms with Crippen molar-refractivity contribution in [3.63, 3.8) is 0 Å². The van der Waals surface area contributed by atoms with Crippen molar-refractivity contribution in [3.8, 4) is 5.75 Å².